The summed E-state index contributed by atoms with van der Waals surface area (Å²) in [7, 11) is 0. The maximum absolute atomic E-state index is 2.87. The average molecular weight is 479 g/mol. The van der Waals surface area contributed by atoms with Gasteiger partial charge >= 0.3 is 0 Å². The fourth-order valence-electron chi connectivity index (χ4n) is 12.5. The van der Waals surface area contributed by atoms with Gasteiger partial charge < -0.3 is 0 Å². The molecule has 5 fully saturated rings. The van der Waals surface area contributed by atoms with Crippen LogP contribution in [0, 0.1) is 69.5 Å². The molecule has 0 aliphatic heterocycles. The molecule has 0 aromatic rings. The number of fused-ring (bicyclic) bond motifs is 8. The van der Waals surface area contributed by atoms with Crippen LogP contribution in [0.2, 0.25) is 0 Å². The van der Waals surface area contributed by atoms with Crippen molar-refractivity contribution >= 4 is 0 Å². The minimum Gasteiger partial charge on any atom is -0.0845 e. The summed E-state index contributed by atoms with van der Waals surface area (Å²) in [5, 5.41) is 0. The minimum atomic E-state index is 0.549. The third-order valence-corrected chi connectivity index (χ3v) is 14.2. The number of rotatable bonds is 7. The van der Waals surface area contributed by atoms with Crippen LogP contribution in [0.5, 0.6) is 0 Å². The van der Waals surface area contributed by atoms with Crippen LogP contribution in [0.1, 0.15) is 138 Å². The predicted octanol–water partition coefficient (Wildman–Crippen LogP) is 10.5. The Bertz CT molecular complexity index is 820. The molecule has 6 aliphatic carbocycles. The lowest BCUT2D eigenvalue weighted by molar-refractivity contribution is -0.0553. The first-order valence-electron chi connectivity index (χ1n) is 16.4. The van der Waals surface area contributed by atoms with Crippen molar-refractivity contribution in [1.29, 1.82) is 0 Å². The Balaban J connectivity index is 1.16. The van der Waals surface area contributed by atoms with Crippen LogP contribution >= 0.6 is 0 Å². The lowest BCUT2D eigenvalue weighted by atomic mass is 9.46. The average Bonchev–Trinajstić information content (AvgIpc) is 3.09. The summed E-state index contributed by atoms with van der Waals surface area (Å²) >= 11 is 0. The zero-order chi connectivity index (χ0) is 24.6. The Morgan fingerprint density at radius 1 is 0.886 bits per heavy atom. The van der Waals surface area contributed by atoms with Crippen molar-refractivity contribution in [1.82, 2.24) is 0 Å². The molecule has 0 bridgehead atoms. The molecule has 6 aliphatic rings. The maximum atomic E-state index is 2.87. The molecule has 0 radical (unpaired) electrons. The quantitative estimate of drug-likeness (QED) is 0.319. The van der Waals surface area contributed by atoms with E-state index < -0.39 is 0 Å². The lowest BCUT2D eigenvalue weighted by Gasteiger charge is -2.59. The smallest absolute Gasteiger partial charge is 0.00849 e. The molecule has 5 unspecified atom stereocenters. The molecule has 0 heteroatoms. The summed E-state index contributed by atoms with van der Waals surface area (Å²) in [6.07, 6.45) is 25.5. The first kappa shape index (κ1) is 25.0. The van der Waals surface area contributed by atoms with Crippen LogP contribution in [-0.2, 0) is 0 Å². The van der Waals surface area contributed by atoms with E-state index in [1.54, 1.807) is 32.1 Å². The largest absolute Gasteiger partial charge is 0.0845 e. The molecule has 0 aromatic carbocycles. The van der Waals surface area contributed by atoms with E-state index in [9.17, 15) is 0 Å². The molecular formula is C35H58. The molecular weight excluding hydrogens is 420 g/mol. The van der Waals surface area contributed by atoms with Crippen molar-refractivity contribution in [3.05, 3.63) is 11.6 Å². The molecule has 0 heterocycles. The van der Waals surface area contributed by atoms with Crippen LogP contribution < -0.4 is 0 Å². The third kappa shape index (κ3) is 3.71. The standard InChI is InChI=1S/C35H58/c1-7-9-25-12-15-31-32(25)35(31)21-20-33(5)26(22-35)13-14-27-29-17-16-28(24(4)11-8-10-23(2)3)34(29,6)19-18-30(27)33/h13,23-25,27-32H,7-12,14-22H2,1-6H3/t24-,25?,27?,28-,29?,30?,31-,32-,33+,34-,35?/m1/s1. The highest BCUT2D eigenvalue weighted by molar-refractivity contribution is 5.32. The zero-order valence-electron chi connectivity index (χ0n) is 24.4. The Kier molecular flexibility index (Phi) is 6.37. The van der Waals surface area contributed by atoms with Crippen molar-refractivity contribution in [2.45, 2.75) is 138 Å². The second-order valence-corrected chi connectivity index (χ2v) is 16.0. The van der Waals surface area contributed by atoms with Crippen molar-refractivity contribution in [2.24, 2.45) is 69.5 Å². The summed E-state index contributed by atoms with van der Waals surface area (Å²) in [6.45, 7) is 15.4. The van der Waals surface area contributed by atoms with Gasteiger partial charge in [-0.15, -0.1) is 0 Å². The zero-order valence-corrected chi connectivity index (χ0v) is 24.4. The highest BCUT2D eigenvalue weighted by Gasteiger charge is 2.71. The van der Waals surface area contributed by atoms with E-state index in [2.05, 4.69) is 47.6 Å². The van der Waals surface area contributed by atoms with E-state index in [1.807, 2.05) is 5.57 Å². The second-order valence-electron chi connectivity index (χ2n) is 16.0. The van der Waals surface area contributed by atoms with Gasteiger partial charge in [-0.2, -0.15) is 0 Å². The van der Waals surface area contributed by atoms with Gasteiger partial charge in [0.25, 0.3) is 0 Å². The van der Waals surface area contributed by atoms with E-state index in [1.165, 1.54) is 64.2 Å². The normalized spacial score (nSPS) is 50.9. The first-order chi connectivity index (χ1) is 16.7. The monoisotopic (exact) mass is 478 g/mol. The van der Waals surface area contributed by atoms with E-state index in [-0.39, 0.29) is 0 Å². The molecule has 198 valence electrons. The Morgan fingerprint density at radius 3 is 2.46 bits per heavy atom. The van der Waals surface area contributed by atoms with E-state index in [0.29, 0.717) is 10.8 Å². The van der Waals surface area contributed by atoms with Gasteiger partial charge in [0.05, 0.1) is 0 Å². The summed E-state index contributed by atoms with van der Waals surface area (Å²) < 4.78 is 0. The number of hydrogen-bond donors (Lipinski definition) is 0. The van der Waals surface area contributed by atoms with Gasteiger partial charge in [-0.3, -0.25) is 0 Å². The van der Waals surface area contributed by atoms with Gasteiger partial charge in [-0.1, -0.05) is 85.3 Å². The van der Waals surface area contributed by atoms with Gasteiger partial charge in [0.15, 0.2) is 0 Å². The van der Waals surface area contributed by atoms with Crippen LogP contribution in [0.15, 0.2) is 11.6 Å². The Morgan fingerprint density at radius 2 is 1.69 bits per heavy atom. The molecule has 1 spiro atoms. The Labute approximate surface area is 218 Å². The topological polar surface area (TPSA) is 0 Å². The van der Waals surface area contributed by atoms with Crippen molar-refractivity contribution in [2.75, 3.05) is 0 Å². The van der Waals surface area contributed by atoms with Crippen LogP contribution in [0.4, 0.5) is 0 Å². The lowest BCUT2D eigenvalue weighted by Crippen LogP contribution is -2.50. The molecule has 35 heavy (non-hydrogen) atoms. The molecule has 0 amide bonds. The predicted molar refractivity (Wildman–Crippen MR) is 150 cm³/mol. The van der Waals surface area contributed by atoms with Crippen LogP contribution in [0.3, 0.4) is 0 Å². The summed E-state index contributed by atoms with van der Waals surface area (Å²) in [5.41, 5.74) is 3.92. The van der Waals surface area contributed by atoms with Gasteiger partial charge in [0.2, 0.25) is 0 Å². The molecule has 11 atom stereocenters. The molecule has 0 nitrogen and oxygen atoms in total. The van der Waals surface area contributed by atoms with Gasteiger partial charge in [-0.25, -0.2) is 0 Å². The van der Waals surface area contributed by atoms with Crippen molar-refractivity contribution in [3.8, 4) is 0 Å². The highest BCUT2D eigenvalue weighted by Crippen LogP contribution is 2.79. The molecule has 0 aromatic heterocycles. The van der Waals surface area contributed by atoms with E-state index in [4.69, 9.17) is 0 Å². The minimum absolute atomic E-state index is 0.549. The second kappa shape index (κ2) is 8.90. The maximum Gasteiger partial charge on any atom is -0.00849 e. The van der Waals surface area contributed by atoms with Crippen LogP contribution in [-0.4, -0.2) is 0 Å². The first-order valence-corrected chi connectivity index (χ1v) is 16.4. The van der Waals surface area contributed by atoms with Gasteiger partial charge in [0, 0.05) is 0 Å². The fraction of sp³-hybridized carbons (Fsp3) is 0.943. The van der Waals surface area contributed by atoms with Gasteiger partial charge in [-0.05, 0) is 134 Å². The van der Waals surface area contributed by atoms with E-state index >= 15 is 0 Å². The van der Waals surface area contributed by atoms with E-state index in [0.717, 1.165) is 58.7 Å². The molecule has 6 rings (SSSR count). The van der Waals surface area contributed by atoms with Gasteiger partial charge in [0.1, 0.15) is 0 Å². The van der Waals surface area contributed by atoms with Crippen molar-refractivity contribution in [3.63, 3.8) is 0 Å². The summed E-state index contributed by atoms with van der Waals surface area (Å²) in [5.74, 6) is 9.13. The van der Waals surface area contributed by atoms with Crippen LogP contribution in [0.25, 0.3) is 0 Å². The molecule has 5 saturated carbocycles. The highest BCUT2D eigenvalue weighted by atomic mass is 14.8. The molecule has 0 saturated heterocycles. The number of hydrogen-bond acceptors (Lipinski definition) is 0. The van der Waals surface area contributed by atoms with Crippen molar-refractivity contribution < 1.29 is 0 Å². The molecule has 0 N–H and O–H groups in total. The summed E-state index contributed by atoms with van der Waals surface area (Å²) in [6, 6.07) is 0. The third-order valence-electron chi connectivity index (χ3n) is 14.2. The fourth-order valence-corrected chi connectivity index (χ4v) is 12.5. The Hall–Kier alpha value is -0.260. The SMILES string of the molecule is CCCC1CC[C@@H]2[C@@H]1C21CC[C@@]2(C)C(=CCC3C2CC[C@@]2(C)C3CC[C@@H]2[C@H](C)CCCC(C)C)C1. The number of allylic oxidation sites excluding steroid dienone is 2. The summed E-state index contributed by atoms with van der Waals surface area (Å²) in [4.78, 5) is 0.